The number of nitrogens with one attached hydrogen (secondary N) is 2. The molecule has 0 spiro atoms. The van der Waals surface area contributed by atoms with Crippen molar-refractivity contribution in [2.45, 2.75) is 4.52 Å². The standard InChI is InChI=1S/C33H18Cl2N8O.Zn/c34-33(35,44)23-15-7-14-22-24(23)32-42-30-21-13-6-5-12-20(21)28(40-30)38-26-17-9-2-1-8-16(17)25(36-26)37-27-18-10-3-4-11-19(18)29(39-27)41-31(22)43-32;/h1-15,44H,(H2,36,37,38,39,40,41,42,43);. The van der Waals surface area contributed by atoms with Crippen LogP contribution in [0.5, 0.6) is 0 Å². The summed E-state index contributed by atoms with van der Waals surface area (Å²) in [6.45, 7) is 0. The molecule has 0 saturated carbocycles. The number of alkyl halides is 2. The second-order valence-corrected chi connectivity index (χ2v) is 11.8. The van der Waals surface area contributed by atoms with Crippen molar-refractivity contribution in [1.82, 2.24) is 39.9 Å². The summed E-state index contributed by atoms with van der Waals surface area (Å²) in [5.41, 5.74) is 5.65. The predicted molar refractivity (Wildman–Crippen MR) is 172 cm³/mol. The number of hydrogen-bond donors (Lipinski definition) is 3. The number of H-pyrrole nitrogens is 2. The Morgan fingerprint density at radius 2 is 0.844 bits per heavy atom. The molecule has 0 saturated heterocycles. The number of hydrogen-bond acceptors (Lipinski definition) is 7. The Balaban J connectivity index is 0.00000300. The van der Waals surface area contributed by atoms with Gasteiger partial charge in [0.25, 0.3) is 0 Å². The summed E-state index contributed by atoms with van der Waals surface area (Å²) in [7, 11) is 0. The van der Waals surface area contributed by atoms with Gasteiger partial charge in [-0.15, -0.1) is 0 Å². The van der Waals surface area contributed by atoms with Gasteiger partial charge in [-0.05, 0) is 0 Å². The minimum Gasteiger partial charge on any atom is -0.359 e. The third-order valence-corrected chi connectivity index (χ3v) is 8.31. The molecule has 9 nitrogen and oxygen atoms in total. The zero-order chi connectivity index (χ0) is 29.6. The summed E-state index contributed by atoms with van der Waals surface area (Å²) >= 11 is 12.5. The van der Waals surface area contributed by atoms with Gasteiger partial charge in [0.05, 0.1) is 0 Å². The molecule has 0 fully saturated rings. The number of aliphatic hydroxyl groups is 1. The van der Waals surface area contributed by atoms with Crippen molar-refractivity contribution in [3.8, 4) is 45.6 Å². The number of nitrogens with zero attached hydrogens (tertiary/aromatic N) is 6. The fourth-order valence-electron chi connectivity index (χ4n) is 5.94. The molecule has 9 rings (SSSR count). The smallest absolute Gasteiger partial charge is 0.242 e. The zero-order valence-electron chi connectivity index (χ0n) is 23.3. The first-order chi connectivity index (χ1) is 21.4. The number of halogens is 2. The van der Waals surface area contributed by atoms with E-state index < -0.39 is 4.52 Å². The van der Waals surface area contributed by atoms with Crippen LogP contribution in [-0.4, -0.2) is 45.0 Å². The Kier molecular flexibility index (Phi) is 6.34. The normalized spacial score (nSPS) is 12.2. The summed E-state index contributed by atoms with van der Waals surface area (Å²) in [6, 6.07) is 28.8. The third kappa shape index (κ3) is 4.36. The van der Waals surface area contributed by atoms with Gasteiger partial charge in [-0.25, -0.2) is 29.9 Å². The molecule has 0 aliphatic carbocycles. The average molecular weight is 679 g/mol. The molecule has 8 bridgehead atoms. The van der Waals surface area contributed by atoms with Gasteiger partial charge in [-0.1, -0.05) is 114 Å². The first-order valence-corrected chi connectivity index (χ1v) is 14.5. The fraction of sp³-hybridized carbons (Fsp3) is 0.0303. The summed E-state index contributed by atoms with van der Waals surface area (Å²) in [6.07, 6.45) is 0. The molecular formula is C33H18Cl2N8OZn. The number of benzene rings is 4. The van der Waals surface area contributed by atoms with Crippen LogP contribution in [0.3, 0.4) is 0 Å². The summed E-state index contributed by atoms with van der Waals surface area (Å²) in [4.78, 5) is 36.4. The Morgan fingerprint density at radius 3 is 1.31 bits per heavy atom. The summed E-state index contributed by atoms with van der Waals surface area (Å²) < 4.78 is -2.19. The minimum atomic E-state index is -2.19. The summed E-state index contributed by atoms with van der Waals surface area (Å²) in [5.74, 6) is 1.92. The van der Waals surface area contributed by atoms with E-state index in [-0.39, 0.29) is 25.0 Å². The number of fused-ring (bicyclic) bond motifs is 20. The van der Waals surface area contributed by atoms with Crippen molar-refractivity contribution in [2.24, 2.45) is 0 Å². The molecule has 7 aromatic rings. The zero-order valence-corrected chi connectivity index (χ0v) is 27.7. The van der Waals surface area contributed by atoms with Crippen LogP contribution in [0.15, 0.2) is 91.0 Å². The molecule has 5 heterocycles. The maximum absolute atomic E-state index is 10.7. The molecule has 0 atom stereocenters. The van der Waals surface area contributed by atoms with Gasteiger partial charge in [0.2, 0.25) is 4.52 Å². The molecule has 0 radical (unpaired) electrons. The van der Waals surface area contributed by atoms with Crippen LogP contribution in [0, 0.1) is 0 Å². The van der Waals surface area contributed by atoms with Crippen molar-refractivity contribution < 1.29 is 24.6 Å². The minimum absolute atomic E-state index is 0. The molecule has 2 aliphatic rings. The van der Waals surface area contributed by atoms with Crippen LogP contribution in [0.1, 0.15) is 5.56 Å². The van der Waals surface area contributed by atoms with Crippen molar-refractivity contribution in [3.63, 3.8) is 0 Å². The second kappa shape index (κ2) is 10.2. The van der Waals surface area contributed by atoms with E-state index in [2.05, 4.69) is 9.97 Å². The Hall–Kier alpha value is -4.60. The van der Waals surface area contributed by atoms with Gasteiger partial charge in [-0.3, -0.25) is 0 Å². The van der Waals surface area contributed by atoms with E-state index in [0.717, 1.165) is 33.0 Å². The molecular weight excluding hydrogens is 661 g/mol. The number of aromatic nitrogens is 8. The van der Waals surface area contributed by atoms with E-state index in [0.29, 0.717) is 56.7 Å². The first kappa shape index (κ1) is 27.9. The van der Waals surface area contributed by atoms with Gasteiger partial charge < -0.3 is 15.1 Å². The monoisotopic (exact) mass is 676 g/mol. The molecule has 2 aliphatic heterocycles. The second-order valence-electron chi connectivity index (χ2n) is 10.5. The van der Waals surface area contributed by atoms with E-state index >= 15 is 0 Å². The van der Waals surface area contributed by atoms with E-state index in [1.165, 1.54) is 0 Å². The van der Waals surface area contributed by atoms with Crippen molar-refractivity contribution in [3.05, 3.63) is 96.6 Å². The molecule has 4 aromatic carbocycles. The molecule has 3 N–H and O–H groups in total. The van der Waals surface area contributed by atoms with Crippen molar-refractivity contribution in [2.75, 3.05) is 0 Å². The predicted octanol–water partition coefficient (Wildman–Crippen LogP) is 7.45. The largest absolute Gasteiger partial charge is 0.359 e. The van der Waals surface area contributed by atoms with E-state index in [9.17, 15) is 5.11 Å². The maximum atomic E-state index is 10.7. The van der Waals surface area contributed by atoms with Gasteiger partial charge in [-0.2, -0.15) is 0 Å². The molecule has 45 heavy (non-hydrogen) atoms. The fourth-order valence-corrected chi connectivity index (χ4v) is 6.26. The van der Waals surface area contributed by atoms with E-state index in [4.69, 9.17) is 53.1 Å². The van der Waals surface area contributed by atoms with Crippen LogP contribution in [0.25, 0.3) is 89.7 Å². The average Bonchev–Trinajstić information content (AvgIpc) is 3.76. The molecule has 3 aromatic heterocycles. The molecule has 0 amide bonds. The Labute approximate surface area is 277 Å². The third-order valence-electron chi connectivity index (χ3n) is 7.90. The first-order valence-electron chi connectivity index (χ1n) is 13.8. The van der Waals surface area contributed by atoms with Crippen LogP contribution >= 0.6 is 23.2 Å². The van der Waals surface area contributed by atoms with E-state index in [1.807, 2.05) is 78.9 Å². The summed E-state index contributed by atoms with van der Waals surface area (Å²) in [5, 5.41) is 13.7. The van der Waals surface area contributed by atoms with E-state index in [1.54, 1.807) is 12.1 Å². The number of rotatable bonds is 1. The molecule has 212 valence electrons. The Morgan fingerprint density at radius 1 is 0.467 bits per heavy atom. The SMILES string of the molecule is OC(Cl)(Cl)c1cccc2c3nc4nc(nc5[nH]c(nc6nc(nc([nH]3)c12)-c1ccccc1-6)c1ccccc51)-c1ccccc1-4.[Zn]. The van der Waals surface area contributed by atoms with Crippen molar-refractivity contribution >= 4 is 67.3 Å². The number of aromatic amines is 2. The van der Waals surface area contributed by atoms with Gasteiger partial charge in [0.15, 0.2) is 23.3 Å². The van der Waals surface area contributed by atoms with Crippen LogP contribution in [0.4, 0.5) is 0 Å². The maximum Gasteiger partial charge on any atom is 0.242 e. The van der Waals surface area contributed by atoms with Crippen LogP contribution in [-0.2, 0) is 24.0 Å². The topological polar surface area (TPSA) is 129 Å². The van der Waals surface area contributed by atoms with Crippen LogP contribution < -0.4 is 0 Å². The van der Waals surface area contributed by atoms with Crippen molar-refractivity contribution in [1.29, 1.82) is 0 Å². The van der Waals surface area contributed by atoms with Crippen LogP contribution in [0.2, 0.25) is 0 Å². The quantitative estimate of drug-likeness (QED) is 0.122. The van der Waals surface area contributed by atoms with Gasteiger partial charge in [0.1, 0.15) is 22.6 Å². The molecule has 12 heteroatoms. The van der Waals surface area contributed by atoms with Gasteiger partial charge >= 0.3 is 0 Å². The van der Waals surface area contributed by atoms with Gasteiger partial charge in [0, 0.05) is 68.8 Å². The Bertz CT molecular complexity index is 2520. The molecule has 0 unspecified atom stereocenters.